The van der Waals surface area contributed by atoms with E-state index in [1.165, 1.54) is 11.8 Å². The van der Waals surface area contributed by atoms with Crippen LogP contribution < -0.4 is 10.9 Å². The lowest BCUT2D eigenvalue weighted by atomic mass is 9.97. The van der Waals surface area contributed by atoms with Crippen molar-refractivity contribution in [3.63, 3.8) is 0 Å². The monoisotopic (exact) mass is 421 g/mol. The summed E-state index contributed by atoms with van der Waals surface area (Å²) in [6.07, 6.45) is 2.52. The van der Waals surface area contributed by atoms with Crippen LogP contribution in [0.3, 0.4) is 0 Å². The maximum absolute atomic E-state index is 12.8. The molecule has 0 unspecified atom stereocenters. The average Bonchev–Trinajstić information content (AvgIpc) is 2.74. The number of hydrogen-bond acceptors (Lipinski definition) is 4. The van der Waals surface area contributed by atoms with Gasteiger partial charge >= 0.3 is 0 Å². The maximum atomic E-state index is 12.8. The predicted octanol–water partition coefficient (Wildman–Crippen LogP) is 4.58. The van der Waals surface area contributed by atoms with E-state index < -0.39 is 0 Å². The van der Waals surface area contributed by atoms with Gasteiger partial charge in [-0.2, -0.15) is 0 Å². The number of fused-ring (bicyclic) bond motifs is 1. The molecular weight excluding hydrogens is 394 g/mol. The van der Waals surface area contributed by atoms with Gasteiger partial charge in [0, 0.05) is 6.54 Å². The first-order chi connectivity index (χ1) is 14.5. The van der Waals surface area contributed by atoms with Gasteiger partial charge in [-0.1, -0.05) is 74.1 Å². The molecular formula is C24H27N3O2S. The molecule has 0 bridgehead atoms. The minimum atomic E-state index is -0.120. The van der Waals surface area contributed by atoms with Crippen LogP contribution in [-0.2, 0) is 11.3 Å². The van der Waals surface area contributed by atoms with Gasteiger partial charge < -0.3 is 5.32 Å². The first-order valence-corrected chi connectivity index (χ1v) is 11.1. The summed E-state index contributed by atoms with van der Waals surface area (Å²) in [6.45, 7) is 8.37. The normalized spacial score (nSPS) is 12.1. The molecule has 0 radical (unpaired) electrons. The fourth-order valence-electron chi connectivity index (χ4n) is 3.35. The highest BCUT2D eigenvalue weighted by Gasteiger charge is 2.17. The van der Waals surface area contributed by atoms with Crippen molar-refractivity contribution < 1.29 is 4.79 Å². The zero-order chi connectivity index (χ0) is 21.5. The Hall–Kier alpha value is -2.86. The summed E-state index contributed by atoms with van der Waals surface area (Å²) >= 11 is 1.27. The second-order valence-electron chi connectivity index (χ2n) is 7.56. The highest BCUT2D eigenvalue weighted by Crippen LogP contribution is 2.22. The summed E-state index contributed by atoms with van der Waals surface area (Å²) in [7, 11) is 0. The van der Waals surface area contributed by atoms with Crippen LogP contribution in [0.5, 0.6) is 0 Å². The van der Waals surface area contributed by atoms with Crippen molar-refractivity contribution in [2.75, 3.05) is 5.75 Å². The number of amides is 1. The van der Waals surface area contributed by atoms with E-state index in [0.29, 0.717) is 28.5 Å². The molecule has 1 amide bonds. The lowest BCUT2D eigenvalue weighted by Crippen LogP contribution is -2.31. The minimum absolute atomic E-state index is 0.0424. The minimum Gasteiger partial charge on any atom is -0.349 e. The lowest BCUT2D eigenvalue weighted by molar-refractivity contribution is -0.119. The number of benzene rings is 2. The van der Waals surface area contributed by atoms with Crippen molar-refractivity contribution in [3.8, 4) is 0 Å². The van der Waals surface area contributed by atoms with Crippen molar-refractivity contribution in [1.82, 2.24) is 14.9 Å². The molecule has 1 atom stereocenters. The molecule has 0 aliphatic rings. The van der Waals surface area contributed by atoms with E-state index in [0.717, 1.165) is 12.0 Å². The Morgan fingerprint density at radius 1 is 1.17 bits per heavy atom. The molecule has 2 aromatic carbocycles. The number of carbonyl (C=O) groups is 1. The quantitative estimate of drug-likeness (QED) is 0.312. The van der Waals surface area contributed by atoms with Gasteiger partial charge in [0.25, 0.3) is 5.56 Å². The number of carbonyl (C=O) groups excluding carboxylic acids is 1. The molecule has 0 saturated heterocycles. The molecule has 5 nitrogen and oxygen atoms in total. The first-order valence-electron chi connectivity index (χ1n) is 10.1. The Kier molecular flexibility index (Phi) is 7.46. The van der Waals surface area contributed by atoms with Crippen LogP contribution in [0.15, 0.2) is 77.2 Å². The number of rotatable bonds is 9. The van der Waals surface area contributed by atoms with Crippen LogP contribution in [0.1, 0.15) is 31.9 Å². The van der Waals surface area contributed by atoms with Crippen molar-refractivity contribution in [3.05, 3.63) is 83.2 Å². The van der Waals surface area contributed by atoms with Gasteiger partial charge in [-0.25, -0.2) is 4.98 Å². The van der Waals surface area contributed by atoms with E-state index in [1.54, 1.807) is 16.7 Å². The van der Waals surface area contributed by atoms with Crippen molar-refractivity contribution in [1.29, 1.82) is 0 Å². The molecule has 0 saturated carbocycles. The van der Waals surface area contributed by atoms with Crippen LogP contribution in [0, 0.1) is 5.92 Å². The Morgan fingerprint density at radius 2 is 1.87 bits per heavy atom. The number of allylic oxidation sites excluding steroid dienone is 1. The smallest absolute Gasteiger partial charge is 0.262 e. The van der Waals surface area contributed by atoms with Gasteiger partial charge in [-0.05, 0) is 30.0 Å². The number of para-hydroxylation sites is 1. The molecule has 6 heteroatoms. The van der Waals surface area contributed by atoms with Gasteiger partial charge in [0.15, 0.2) is 5.16 Å². The maximum Gasteiger partial charge on any atom is 0.262 e. The molecule has 3 rings (SSSR count). The molecule has 156 valence electrons. The van der Waals surface area contributed by atoms with Gasteiger partial charge in [-0.15, -0.1) is 6.58 Å². The first kappa shape index (κ1) is 21.8. The third kappa shape index (κ3) is 5.39. The summed E-state index contributed by atoms with van der Waals surface area (Å²) in [5.74, 6) is 0.550. The van der Waals surface area contributed by atoms with E-state index in [4.69, 9.17) is 0 Å². The zero-order valence-electron chi connectivity index (χ0n) is 17.4. The van der Waals surface area contributed by atoms with E-state index in [1.807, 2.05) is 48.5 Å². The lowest BCUT2D eigenvalue weighted by Gasteiger charge is -2.21. The topological polar surface area (TPSA) is 64.0 Å². The Morgan fingerprint density at radius 3 is 2.57 bits per heavy atom. The average molecular weight is 422 g/mol. The summed E-state index contributed by atoms with van der Waals surface area (Å²) < 4.78 is 1.57. The molecule has 0 aliphatic heterocycles. The number of thioether (sulfide) groups is 1. The number of hydrogen-bond donors (Lipinski definition) is 1. The summed E-state index contributed by atoms with van der Waals surface area (Å²) in [5, 5.41) is 4.23. The molecule has 1 N–H and O–H groups in total. The molecule has 3 aromatic rings. The summed E-state index contributed by atoms with van der Waals surface area (Å²) in [4.78, 5) is 30.2. The number of nitrogens with one attached hydrogen (secondary N) is 1. The van der Waals surface area contributed by atoms with E-state index in [2.05, 4.69) is 30.7 Å². The Bertz CT molecular complexity index is 1080. The second-order valence-corrected chi connectivity index (χ2v) is 8.51. The van der Waals surface area contributed by atoms with E-state index >= 15 is 0 Å². The van der Waals surface area contributed by atoms with Crippen LogP contribution in [-0.4, -0.2) is 21.2 Å². The molecule has 1 aromatic heterocycles. The summed E-state index contributed by atoms with van der Waals surface area (Å²) in [5.41, 5.74) is 1.61. The van der Waals surface area contributed by atoms with Gasteiger partial charge in [-0.3, -0.25) is 14.2 Å². The largest absolute Gasteiger partial charge is 0.349 e. The van der Waals surface area contributed by atoms with Crippen molar-refractivity contribution >= 4 is 28.6 Å². The molecule has 0 spiro atoms. The molecule has 0 aliphatic carbocycles. The van der Waals surface area contributed by atoms with Gasteiger partial charge in [0.1, 0.15) is 0 Å². The van der Waals surface area contributed by atoms with Crippen molar-refractivity contribution in [2.24, 2.45) is 5.92 Å². The third-order valence-electron chi connectivity index (χ3n) is 4.71. The predicted molar refractivity (Wildman–Crippen MR) is 124 cm³/mol. The SMILES string of the molecule is C=CCn1c(SCC(=O)N[C@H](CC(C)C)c2ccccc2)nc2ccccc2c1=O. The number of nitrogens with zero attached hydrogens (tertiary/aromatic N) is 2. The Balaban J connectivity index is 1.77. The molecule has 0 fully saturated rings. The summed E-state index contributed by atoms with van der Waals surface area (Å²) in [6, 6.07) is 17.2. The van der Waals surface area contributed by atoms with E-state index in [9.17, 15) is 9.59 Å². The fraction of sp³-hybridized carbons (Fsp3) is 0.292. The second kappa shape index (κ2) is 10.3. The van der Waals surface area contributed by atoms with Crippen LogP contribution in [0.25, 0.3) is 10.9 Å². The van der Waals surface area contributed by atoms with Gasteiger partial charge in [0.05, 0.1) is 22.7 Å². The molecule has 1 heterocycles. The highest BCUT2D eigenvalue weighted by atomic mass is 32.2. The van der Waals surface area contributed by atoms with Crippen LogP contribution >= 0.6 is 11.8 Å². The van der Waals surface area contributed by atoms with Crippen molar-refractivity contribution in [2.45, 2.75) is 38.0 Å². The zero-order valence-corrected chi connectivity index (χ0v) is 18.2. The van der Waals surface area contributed by atoms with E-state index in [-0.39, 0.29) is 23.3 Å². The molecule has 30 heavy (non-hydrogen) atoms. The highest BCUT2D eigenvalue weighted by molar-refractivity contribution is 7.99. The number of aromatic nitrogens is 2. The Labute approximate surface area is 181 Å². The van der Waals surface area contributed by atoms with Gasteiger partial charge in [0.2, 0.25) is 5.91 Å². The standard InChI is InChI=1S/C24H27N3O2S/c1-4-14-27-23(29)19-12-8-9-13-20(19)26-24(27)30-16-22(28)25-21(15-17(2)3)18-10-6-5-7-11-18/h4-13,17,21H,1,14-16H2,2-3H3,(H,25,28)/t21-/m1/s1. The van der Waals surface area contributed by atoms with Crippen LogP contribution in [0.4, 0.5) is 0 Å². The van der Waals surface area contributed by atoms with Crippen LogP contribution in [0.2, 0.25) is 0 Å². The third-order valence-corrected chi connectivity index (χ3v) is 5.69. The fourth-order valence-corrected chi connectivity index (χ4v) is 4.17.